The van der Waals surface area contributed by atoms with E-state index in [1.807, 2.05) is 42.5 Å². The number of fused-ring (bicyclic) bond motifs is 2. The minimum Gasteiger partial charge on any atom is -0.497 e. The van der Waals surface area contributed by atoms with Crippen molar-refractivity contribution in [3.63, 3.8) is 0 Å². The van der Waals surface area contributed by atoms with Crippen molar-refractivity contribution in [2.45, 2.75) is 18.4 Å². The Balaban J connectivity index is 1.47. The molecule has 28 heavy (non-hydrogen) atoms. The first kappa shape index (κ1) is 18.2. The molecular formula is C21H23N3O4. The molecule has 1 spiro atoms. The lowest BCUT2D eigenvalue weighted by atomic mass is 9.81. The normalized spacial score (nSPS) is 20.1. The average Bonchev–Trinajstić information content (AvgIpc) is 3.29. The molecule has 2 aromatic rings. The van der Waals surface area contributed by atoms with Gasteiger partial charge in [0.1, 0.15) is 11.5 Å². The van der Waals surface area contributed by atoms with E-state index in [1.165, 1.54) is 0 Å². The van der Waals surface area contributed by atoms with Crippen molar-refractivity contribution >= 4 is 17.6 Å². The Morgan fingerprint density at radius 2 is 1.96 bits per heavy atom. The van der Waals surface area contributed by atoms with Gasteiger partial charge in [-0.2, -0.15) is 0 Å². The quantitative estimate of drug-likeness (QED) is 0.853. The second kappa shape index (κ2) is 7.07. The number of nitrogens with zero attached hydrogens (tertiary/aromatic N) is 1. The molecule has 0 radical (unpaired) electrons. The first-order valence-corrected chi connectivity index (χ1v) is 9.21. The second-order valence-electron chi connectivity index (χ2n) is 7.13. The maximum Gasteiger partial charge on any atom is 0.317 e. The van der Waals surface area contributed by atoms with Gasteiger partial charge in [-0.1, -0.05) is 12.1 Å². The number of nitrogens with one attached hydrogen (secondary N) is 2. The third-order valence-electron chi connectivity index (χ3n) is 5.56. The van der Waals surface area contributed by atoms with E-state index in [0.29, 0.717) is 31.8 Å². The van der Waals surface area contributed by atoms with Gasteiger partial charge < -0.3 is 25.0 Å². The van der Waals surface area contributed by atoms with E-state index in [9.17, 15) is 9.59 Å². The van der Waals surface area contributed by atoms with Crippen molar-refractivity contribution < 1.29 is 19.1 Å². The summed E-state index contributed by atoms with van der Waals surface area (Å²) in [5.41, 5.74) is 1.94. The summed E-state index contributed by atoms with van der Waals surface area (Å²) >= 11 is 0. The van der Waals surface area contributed by atoms with Crippen LogP contribution in [0.5, 0.6) is 11.5 Å². The van der Waals surface area contributed by atoms with Gasteiger partial charge in [0.15, 0.2) is 0 Å². The summed E-state index contributed by atoms with van der Waals surface area (Å²) in [7, 11) is 3.21. The van der Waals surface area contributed by atoms with Gasteiger partial charge in [-0.05, 0) is 47.9 Å². The van der Waals surface area contributed by atoms with Crippen LogP contribution >= 0.6 is 0 Å². The first-order valence-electron chi connectivity index (χ1n) is 9.21. The predicted molar refractivity (Wildman–Crippen MR) is 105 cm³/mol. The number of urea groups is 1. The molecule has 2 heterocycles. The SMILES string of the molecule is COc1cccc(CNC(=O)N2CCC3(C2)C(=O)Nc2ccc(OC)cc23)c1. The van der Waals surface area contributed by atoms with Crippen molar-refractivity contribution in [1.29, 1.82) is 0 Å². The number of amides is 3. The molecule has 1 atom stereocenters. The predicted octanol–water partition coefficient (Wildman–Crippen LogP) is 2.51. The van der Waals surface area contributed by atoms with Crippen LogP contribution in [0, 0.1) is 0 Å². The highest BCUT2D eigenvalue weighted by molar-refractivity contribution is 6.07. The summed E-state index contributed by atoms with van der Waals surface area (Å²) in [6, 6.07) is 13.0. The molecule has 2 aromatic carbocycles. The Bertz CT molecular complexity index is 930. The lowest BCUT2D eigenvalue weighted by Crippen LogP contribution is -2.42. The number of rotatable bonds is 4. The molecule has 1 unspecified atom stereocenters. The fourth-order valence-electron chi connectivity index (χ4n) is 3.98. The lowest BCUT2D eigenvalue weighted by Gasteiger charge is -2.23. The van der Waals surface area contributed by atoms with Crippen molar-refractivity contribution in [3.8, 4) is 11.5 Å². The Morgan fingerprint density at radius 1 is 1.18 bits per heavy atom. The standard InChI is InChI=1S/C21H23N3O4/c1-27-15-5-3-4-14(10-15)12-22-20(26)24-9-8-21(13-24)17-11-16(28-2)6-7-18(17)23-19(21)25/h3-7,10-11H,8-9,12-13H2,1-2H3,(H,22,26)(H,23,25). The number of carbonyl (C=O) groups is 2. The van der Waals surface area contributed by atoms with Crippen LogP contribution in [0.15, 0.2) is 42.5 Å². The van der Waals surface area contributed by atoms with E-state index in [1.54, 1.807) is 19.1 Å². The summed E-state index contributed by atoms with van der Waals surface area (Å²) in [4.78, 5) is 27.1. The molecule has 146 valence electrons. The minimum absolute atomic E-state index is 0.0566. The maximum absolute atomic E-state index is 12.7. The molecule has 2 aliphatic heterocycles. The van der Waals surface area contributed by atoms with Crippen molar-refractivity contribution in [2.24, 2.45) is 0 Å². The van der Waals surface area contributed by atoms with Gasteiger partial charge in [0.2, 0.25) is 5.91 Å². The molecule has 2 N–H and O–H groups in total. The van der Waals surface area contributed by atoms with E-state index in [2.05, 4.69) is 10.6 Å². The van der Waals surface area contributed by atoms with Crippen LogP contribution in [0.4, 0.5) is 10.5 Å². The number of hydrogen-bond donors (Lipinski definition) is 2. The molecule has 0 aliphatic carbocycles. The summed E-state index contributed by atoms with van der Waals surface area (Å²) in [6.07, 6.45) is 0.589. The van der Waals surface area contributed by atoms with Crippen LogP contribution in [0.2, 0.25) is 0 Å². The van der Waals surface area contributed by atoms with Crippen LogP contribution in [-0.2, 0) is 16.8 Å². The maximum atomic E-state index is 12.7. The largest absolute Gasteiger partial charge is 0.497 e. The average molecular weight is 381 g/mol. The van der Waals surface area contributed by atoms with Crippen LogP contribution in [0.3, 0.4) is 0 Å². The van der Waals surface area contributed by atoms with E-state index in [-0.39, 0.29) is 11.9 Å². The highest BCUT2D eigenvalue weighted by Crippen LogP contribution is 2.45. The summed E-state index contributed by atoms with van der Waals surface area (Å²) in [5, 5.41) is 5.88. The molecule has 2 aliphatic rings. The van der Waals surface area contributed by atoms with Gasteiger partial charge >= 0.3 is 6.03 Å². The highest BCUT2D eigenvalue weighted by atomic mass is 16.5. The van der Waals surface area contributed by atoms with Crippen LogP contribution < -0.4 is 20.1 Å². The number of likely N-dealkylation sites (tertiary alicyclic amines) is 1. The molecule has 7 heteroatoms. The number of methoxy groups -OCH3 is 2. The summed E-state index contributed by atoms with van der Waals surface area (Å²) in [5.74, 6) is 1.40. The Hall–Kier alpha value is -3.22. The Kier molecular flexibility index (Phi) is 4.58. The molecular weight excluding hydrogens is 358 g/mol. The number of hydrogen-bond acceptors (Lipinski definition) is 4. The smallest absolute Gasteiger partial charge is 0.317 e. The minimum atomic E-state index is -0.711. The second-order valence-corrected chi connectivity index (χ2v) is 7.13. The van der Waals surface area contributed by atoms with Crippen molar-refractivity contribution in [1.82, 2.24) is 10.2 Å². The Labute approximate surface area is 163 Å². The molecule has 1 fully saturated rings. The van der Waals surface area contributed by atoms with Gasteiger partial charge in [-0.3, -0.25) is 4.79 Å². The molecule has 0 saturated carbocycles. The number of ether oxygens (including phenoxy) is 2. The number of benzene rings is 2. The van der Waals surface area contributed by atoms with Gasteiger partial charge in [-0.25, -0.2) is 4.79 Å². The van der Waals surface area contributed by atoms with E-state index >= 15 is 0 Å². The van der Waals surface area contributed by atoms with E-state index < -0.39 is 5.41 Å². The van der Waals surface area contributed by atoms with Crippen molar-refractivity contribution in [3.05, 3.63) is 53.6 Å². The topological polar surface area (TPSA) is 79.9 Å². The van der Waals surface area contributed by atoms with E-state index in [0.717, 1.165) is 22.6 Å². The molecule has 0 bridgehead atoms. The van der Waals surface area contributed by atoms with Crippen LogP contribution in [-0.4, -0.2) is 44.1 Å². The fourth-order valence-corrected chi connectivity index (χ4v) is 3.98. The summed E-state index contributed by atoms with van der Waals surface area (Å²) in [6.45, 7) is 1.27. The third-order valence-corrected chi connectivity index (χ3v) is 5.56. The molecule has 4 rings (SSSR count). The van der Waals surface area contributed by atoms with Gasteiger partial charge in [0.25, 0.3) is 0 Å². The van der Waals surface area contributed by atoms with Crippen LogP contribution in [0.25, 0.3) is 0 Å². The van der Waals surface area contributed by atoms with Crippen LogP contribution in [0.1, 0.15) is 17.5 Å². The number of anilines is 1. The molecule has 7 nitrogen and oxygen atoms in total. The third kappa shape index (κ3) is 3.02. The first-order chi connectivity index (χ1) is 13.6. The van der Waals surface area contributed by atoms with E-state index in [4.69, 9.17) is 9.47 Å². The zero-order valence-corrected chi connectivity index (χ0v) is 16.0. The van der Waals surface area contributed by atoms with Gasteiger partial charge in [0.05, 0.1) is 19.6 Å². The fraction of sp³-hybridized carbons (Fsp3) is 0.333. The van der Waals surface area contributed by atoms with Crippen molar-refractivity contribution in [2.75, 3.05) is 32.6 Å². The number of carbonyl (C=O) groups excluding carboxylic acids is 2. The molecule has 1 saturated heterocycles. The highest BCUT2D eigenvalue weighted by Gasteiger charge is 2.52. The zero-order chi connectivity index (χ0) is 19.7. The Morgan fingerprint density at radius 3 is 2.75 bits per heavy atom. The van der Waals surface area contributed by atoms with Gasteiger partial charge in [-0.15, -0.1) is 0 Å². The monoisotopic (exact) mass is 381 g/mol. The lowest BCUT2D eigenvalue weighted by molar-refractivity contribution is -0.120. The zero-order valence-electron chi connectivity index (χ0n) is 16.0. The molecule has 3 amide bonds. The van der Waals surface area contributed by atoms with Gasteiger partial charge in [0, 0.05) is 25.3 Å². The summed E-state index contributed by atoms with van der Waals surface area (Å²) < 4.78 is 10.5. The molecule has 0 aromatic heterocycles.